The van der Waals surface area contributed by atoms with Crippen LogP contribution in [0.3, 0.4) is 0 Å². The molecule has 0 aliphatic rings. The van der Waals surface area contributed by atoms with E-state index in [2.05, 4.69) is 27.0 Å². The lowest BCUT2D eigenvalue weighted by molar-refractivity contribution is 0.0292. The van der Waals surface area contributed by atoms with Crippen LogP contribution in [-0.4, -0.2) is 29.7 Å². The van der Waals surface area contributed by atoms with Crippen molar-refractivity contribution in [2.24, 2.45) is 0 Å². The van der Waals surface area contributed by atoms with Crippen molar-refractivity contribution in [3.8, 4) is 0 Å². The zero-order chi connectivity index (χ0) is 13.9. The van der Waals surface area contributed by atoms with Crippen molar-refractivity contribution < 1.29 is 9.53 Å². The average Bonchev–Trinajstić information content (AvgIpc) is 2.16. The first-order chi connectivity index (χ1) is 7.82. The van der Waals surface area contributed by atoms with E-state index in [1.54, 1.807) is 12.2 Å². The Labute approximate surface area is 106 Å². The molecule has 0 aliphatic heterocycles. The average molecular weight is 241 g/mol. The first-order valence-corrected chi connectivity index (χ1v) is 6.02. The second-order valence-electron chi connectivity index (χ2n) is 4.67. The SMILES string of the molecule is C=CCN(CC=C)C(=O)OC(C)(C)C.CCC. The van der Waals surface area contributed by atoms with Crippen LogP contribution in [0.5, 0.6) is 0 Å². The number of amides is 1. The topological polar surface area (TPSA) is 29.5 Å². The molecule has 100 valence electrons. The van der Waals surface area contributed by atoms with Gasteiger partial charge in [-0.15, -0.1) is 13.2 Å². The van der Waals surface area contributed by atoms with Crippen LogP contribution in [0.25, 0.3) is 0 Å². The fourth-order valence-electron chi connectivity index (χ4n) is 0.862. The summed E-state index contributed by atoms with van der Waals surface area (Å²) in [5, 5.41) is 0. The molecule has 3 heteroatoms. The molecular formula is C14H27NO2. The van der Waals surface area contributed by atoms with Gasteiger partial charge in [0.15, 0.2) is 0 Å². The normalized spacial score (nSPS) is 9.71. The fourth-order valence-corrected chi connectivity index (χ4v) is 0.862. The summed E-state index contributed by atoms with van der Waals surface area (Å²) in [4.78, 5) is 13.1. The lowest BCUT2D eigenvalue weighted by Crippen LogP contribution is -2.36. The summed E-state index contributed by atoms with van der Waals surface area (Å²) < 4.78 is 5.20. The summed E-state index contributed by atoms with van der Waals surface area (Å²) in [5.74, 6) is 0. The van der Waals surface area contributed by atoms with E-state index >= 15 is 0 Å². The van der Waals surface area contributed by atoms with Crippen LogP contribution in [0.4, 0.5) is 4.79 Å². The van der Waals surface area contributed by atoms with E-state index < -0.39 is 5.60 Å². The minimum absolute atomic E-state index is 0.336. The Morgan fingerprint density at radius 1 is 1.18 bits per heavy atom. The van der Waals surface area contributed by atoms with Gasteiger partial charge in [0.1, 0.15) is 5.60 Å². The zero-order valence-corrected chi connectivity index (χ0v) is 12.0. The maximum atomic E-state index is 11.5. The number of hydrogen-bond donors (Lipinski definition) is 0. The van der Waals surface area contributed by atoms with Gasteiger partial charge in [-0.25, -0.2) is 4.79 Å². The predicted molar refractivity (Wildman–Crippen MR) is 74.2 cm³/mol. The van der Waals surface area contributed by atoms with Gasteiger partial charge in [-0.3, -0.25) is 0 Å². The predicted octanol–water partition coefficient (Wildman–Crippen LogP) is 4.01. The molecule has 0 aliphatic carbocycles. The van der Waals surface area contributed by atoms with Crippen LogP contribution in [-0.2, 0) is 4.74 Å². The molecule has 0 fully saturated rings. The van der Waals surface area contributed by atoms with Gasteiger partial charge in [-0.1, -0.05) is 32.4 Å². The maximum absolute atomic E-state index is 11.5. The van der Waals surface area contributed by atoms with Crippen molar-refractivity contribution >= 4 is 6.09 Å². The molecule has 0 saturated carbocycles. The summed E-state index contributed by atoms with van der Waals surface area (Å²) in [5.41, 5.74) is -0.461. The van der Waals surface area contributed by atoms with Crippen LogP contribution in [0.2, 0.25) is 0 Å². The largest absolute Gasteiger partial charge is 0.444 e. The minimum atomic E-state index is -0.461. The van der Waals surface area contributed by atoms with Gasteiger partial charge in [0.05, 0.1) is 0 Å². The fraction of sp³-hybridized carbons (Fsp3) is 0.643. The van der Waals surface area contributed by atoms with Crippen LogP contribution >= 0.6 is 0 Å². The van der Waals surface area contributed by atoms with Gasteiger partial charge in [0.25, 0.3) is 0 Å². The molecule has 0 radical (unpaired) electrons. The first kappa shape index (κ1) is 18.1. The molecule has 0 N–H and O–H groups in total. The molecule has 1 amide bonds. The highest BCUT2D eigenvalue weighted by atomic mass is 16.6. The van der Waals surface area contributed by atoms with Crippen LogP contribution in [0.1, 0.15) is 41.0 Å². The van der Waals surface area contributed by atoms with Gasteiger partial charge >= 0.3 is 6.09 Å². The highest BCUT2D eigenvalue weighted by Crippen LogP contribution is 2.09. The minimum Gasteiger partial charge on any atom is -0.444 e. The number of rotatable bonds is 4. The standard InChI is InChI=1S/C11H19NO2.C3H8/c1-6-8-12(9-7-2)10(13)14-11(3,4)5;1-3-2/h6-7H,1-2,8-9H2,3-5H3;3H2,1-2H3. The Morgan fingerprint density at radius 3 is 1.76 bits per heavy atom. The van der Waals surface area contributed by atoms with Crippen molar-refractivity contribution in [3.63, 3.8) is 0 Å². The number of ether oxygens (including phenoxy) is 1. The van der Waals surface area contributed by atoms with Crippen LogP contribution in [0.15, 0.2) is 25.3 Å². The quantitative estimate of drug-likeness (QED) is 0.696. The smallest absolute Gasteiger partial charge is 0.410 e. The van der Waals surface area contributed by atoms with Crippen molar-refractivity contribution in [2.75, 3.05) is 13.1 Å². The van der Waals surface area contributed by atoms with E-state index in [0.29, 0.717) is 13.1 Å². The number of nitrogens with zero attached hydrogens (tertiary/aromatic N) is 1. The summed E-state index contributed by atoms with van der Waals surface area (Å²) in [6.45, 7) is 17.9. The van der Waals surface area contributed by atoms with Crippen molar-refractivity contribution in [2.45, 2.75) is 46.6 Å². The number of hydrogen-bond acceptors (Lipinski definition) is 2. The maximum Gasteiger partial charge on any atom is 0.410 e. The van der Waals surface area contributed by atoms with Gasteiger partial charge in [0, 0.05) is 13.1 Å². The number of carbonyl (C=O) groups is 1. The third-order valence-electron chi connectivity index (χ3n) is 1.35. The van der Waals surface area contributed by atoms with Gasteiger partial charge in [-0.2, -0.15) is 0 Å². The molecule has 0 bridgehead atoms. The molecule has 0 saturated heterocycles. The van der Waals surface area contributed by atoms with E-state index in [4.69, 9.17) is 4.74 Å². The lowest BCUT2D eigenvalue weighted by Gasteiger charge is -2.25. The Balaban J connectivity index is 0. The third-order valence-corrected chi connectivity index (χ3v) is 1.35. The Morgan fingerprint density at radius 2 is 1.53 bits per heavy atom. The van der Waals surface area contributed by atoms with E-state index in [-0.39, 0.29) is 6.09 Å². The molecule has 0 rings (SSSR count). The summed E-state index contributed by atoms with van der Waals surface area (Å²) in [6, 6.07) is 0. The molecule has 0 unspecified atom stereocenters. The molecule has 0 heterocycles. The summed E-state index contributed by atoms with van der Waals surface area (Å²) in [6.07, 6.45) is 4.23. The van der Waals surface area contributed by atoms with Gasteiger partial charge in [-0.05, 0) is 20.8 Å². The van der Waals surface area contributed by atoms with E-state index in [1.165, 1.54) is 11.3 Å². The number of carbonyl (C=O) groups excluding carboxylic acids is 1. The summed E-state index contributed by atoms with van der Waals surface area (Å²) >= 11 is 0. The summed E-state index contributed by atoms with van der Waals surface area (Å²) in [7, 11) is 0. The highest BCUT2D eigenvalue weighted by Gasteiger charge is 2.20. The van der Waals surface area contributed by atoms with E-state index in [1.807, 2.05) is 20.8 Å². The van der Waals surface area contributed by atoms with Gasteiger partial charge in [0.2, 0.25) is 0 Å². The first-order valence-electron chi connectivity index (χ1n) is 6.02. The van der Waals surface area contributed by atoms with Crippen molar-refractivity contribution in [3.05, 3.63) is 25.3 Å². The zero-order valence-electron chi connectivity index (χ0n) is 12.0. The lowest BCUT2D eigenvalue weighted by atomic mass is 10.2. The Hall–Kier alpha value is -1.25. The monoisotopic (exact) mass is 241 g/mol. The molecule has 17 heavy (non-hydrogen) atoms. The van der Waals surface area contributed by atoms with Crippen molar-refractivity contribution in [1.29, 1.82) is 0 Å². The molecule has 0 spiro atoms. The molecular weight excluding hydrogens is 214 g/mol. The molecule has 3 nitrogen and oxygen atoms in total. The van der Waals surface area contributed by atoms with Crippen LogP contribution < -0.4 is 0 Å². The van der Waals surface area contributed by atoms with E-state index in [9.17, 15) is 4.79 Å². The molecule has 0 atom stereocenters. The molecule has 0 aromatic rings. The third kappa shape index (κ3) is 12.7. The van der Waals surface area contributed by atoms with Crippen molar-refractivity contribution in [1.82, 2.24) is 4.90 Å². The molecule has 0 aromatic heterocycles. The second-order valence-corrected chi connectivity index (χ2v) is 4.67. The Bertz CT molecular complexity index is 219. The second kappa shape index (κ2) is 9.94. The van der Waals surface area contributed by atoms with E-state index in [0.717, 1.165) is 0 Å². The van der Waals surface area contributed by atoms with Gasteiger partial charge < -0.3 is 9.64 Å². The molecule has 0 aromatic carbocycles. The highest BCUT2D eigenvalue weighted by molar-refractivity contribution is 5.68. The van der Waals surface area contributed by atoms with Crippen LogP contribution in [0, 0.1) is 0 Å². The Kier molecular flexibility index (Phi) is 10.6.